The number of amides is 1. The fraction of sp³-hybridized carbons (Fsp3) is 0.367. The maximum absolute atomic E-state index is 13.6. The van der Waals surface area contributed by atoms with Gasteiger partial charge >= 0.3 is 6.09 Å². The number of hydrogen-bond acceptors (Lipinski definition) is 4. The molecule has 188 valence electrons. The number of anilines is 1. The molecule has 0 saturated carbocycles. The molecule has 4 rings (SSSR count). The van der Waals surface area contributed by atoms with Crippen LogP contribution in [0.3, 0.4) is 0 Å². The third kappa shape index (κ3) is 4.61. The number of hydrogen-bond donors (Lipinski definition) is 0. The second kappa shape index (κ2) is 9.65. The monoisotopic (exact) mass is 501 g/mol. The highest BCUT2D eigenvalue weighted by Crippen LogP contribution is 2.49. The van der Waals surface area contributed by atoms with E-state index in [0.29, 0.717) is 17.2 Å². The van der Waals surface area contributed by atoms with E-state index in [1.807, 2.05) is 36.4 Å². The van der Waals surface area contributed by atoms with Crippen molar-refractivity contribution in [2.24, 2.45) is 5.92 Å². The molecule has 0 bridgehead atoms. The largest absolute Gasteiger partial charge is 0.497 e. The lowest BCUT2D eigenvalue weighted by atomic mass is 9.76. The van der Waals surface area contributed by atoms with Crippen LogP contribution < -0.4 is 14.4 Å². The van der Waals surface area contributed by atoms with Gasteiger partial charge < -0.3 is 13.9 Å². The summed E-state index contributed by atoms with van der Waals surface area (Å²) >= 11 is 0. The number of allylic oxidation sites excluding steroid dienone is 1. The molecule has 1 heterocycles. The van der Waals surface area contributed by atoms with Crippen LogP contribution in [-0.4, -0.2) is 33.7 Å². The molecule has 2 aromatic rings. The Labute approximate surface area is 215 Å². The number of nitrogens with zero attached hydrogens (tertiary/aromatic N) is 1. The summed E-state index contributed by atoms with van der Waals surface area (Å²) < 4.78 is 18.3. The third-order valence-electron chi connectivity index (χ3n) is 7.50. The Morgan fingerprint density at radius 2 is 1.75 bits per heavy atom. The van der Waals surface area contributed by atoms with Crippen molar-refractivity contribution in [2.75, 3.05) is 12.0 Å². The number of benzene rings is 2. The quantitative estimate of drug-likeness (QED) is 0.255. The zero-order valence-electron chi connectivity index (χ0n) is 22.2. The molecule has 6 heteroatoms. The molecule has 1 aliphatic carbocycles. The van der Waals surface area contributed by atoms with Crippen molar-refractivity contribution in [1.29, 1.82) is 0 Å². The van der Waals surface area contributed by atoms with E-state index in [1.54, 1.807) is 24.1 Å². The summed E-state index contributed by atoms with van der Waals surface area (Å²) in [4.78, 5) is 15.2. The highest BCUT2D eigenvalue weighted by molar-refractivity contribution is 6.74. The first-order chi connectivity index (χ1) is 17.0. The number of rotatable bonds is 4. The standard InChI is InChI=1S/C30H35NO4Si/c1-9-24-27-20(2)15-18-26(35-36(7,8)30(3,4)5)28(27)23-19-22(33-6)16-17-25(23)31(24)29(32)34-21-13-11-10-12-14-21/h1,10-20,24,26H,2-8H3. The number of carbonyl (C=O) groups excluding carboxylic acids is 1. The summed E-state index contributed by atoms with van der Waals surface area (Å²) in [6.45, 7) is 13.3. The molecule has 36 heavy (non-hydrogen) atoms. The van der Waals surface area contributed by atoms with E-state index < -0.39 is 20.5 Å². The first-order valence-corrected chi connectivity index (χ1v) is 15.2. The lowest BCUT2D eigenvalue weighted by molar-refractivity contribution is 0.206. The number of methoxy groups -OCH3 is 1. The Morgan fingerprint density at radius 1 is 1.06 bits per heavy atom. The van der Waals surface area contributed by atoms with Gasteiger partial charge in [0.1, 0.15) is 17.5 Å². The summed E-state index contributed by atoms with van der Waals surface area (Å²) in [6, 6.07) is 14.1. The Kier molecular flexibility index (Phi) is 6.92. The zero-order chi connectivity index (χ0) is 26.3. The van der Waals surface area contributed by atoms with E-state index in [2.05, 4.69) is 58.9 Å². The van der Waals surface area contributed by atoms with Crippen molar-refractivity contribution in [1.82, 2.24) is 0 Å². The van der Waals surface area contributed by atoms with Gasteiger partial charge in [0.05, 0.1) is 18.9 Å². The molecular weight excluding hydrogens is 466 g/mol. The zero-order valence-corrected chi connectivity index (χ0v) is 23.2. The number of ether oxygens (including phenoxy) is 2. The van der Waals surface area contributed by atoms with Crippen molar-refractivity contribution in [3.63, 3.8) is 0 Å². The first kappa shape index (κ1) is 25.8. The van der Waals surface area contributed by atoms with Crippen molar-refractivity contribution in [2.45, 2.75) is 58.0 Å². The van der Waals surface area contributed by atoms with E-state index in [4.69, 9.17) is 20.3 Å². The summed E-state index contributed by atoms with van der Waals surface area (Å²) in [5.74, 6) is 4.07. The molecule has 3 atom stereocenters. The van der Waals surface area contributed by atoms with Crippen molar-refractivity contribution in [3.05, 3.63) is 71.8 Å². The fourth-order valence-electron chi connectivity index (χ4n) is 4.53. The number of para-hydroxylation sites is 1. The molecule has 0 fully saturated rings. The number of carbonyl (C=O) groups is 1. The molecule has 0 aromatic heterocycles. The summed E-state index contributed by atoms with van der Waals surface area (Å²) in [5.41, 5.74) is 3.57. The van der Waals surface area contributed by atoms with Gasteiger partial charge in [-0.3, -0.25) is 4.90 Å². The summed E-state index contributed by atoms with van der Waals surface area (Å²) in [6.07, 6.45) is 9.61. The minimum atomic E-state index is -2.13. The van der Waals surface area contributed by atoms with Gasteiger partial charge in [0.25, 0.3) is 0 Å². The molecule has 2 aliphatic rings. The van der Waals surface area contributed by atoms with E-state index in [9.17, 15) is 4.79 Å². The smallest absolute Gasteiger partial charge is 0.421 e. The molecular formula is C30H35NO4Si. The lowest BCUT2D eigenvalue weighted by Crippen LogP contribution is -2.49. The highest BCUT2D eigenvalue weighted by atomic mass is 28.4. The Bertz CT molecular complexity index is 1250. The summed E-state index contributed by atoms with van der Waals surface area (Å²) in [7, 11) is -0.492. The van der Waals surface area contributed by atoms with Crippen LogP contribution in [0.2, 0.25) is 18.1 Å². The average molecular weight is 502 g/mol. The third-order valence-corrected chi connectivity index (χ3v) is 12.0. The first-order valence-electron chi connectivity index (χ1n) is 12.3. The lowest BCUT2D eigenvalue weighted by Gasteiger charge is -2.45. The second-order valence-corrected chi connectivity index (χ2v) is 15.6. The van der Waals surface area contributed by atoms with Gasteiger partial charge in [-0.15, -0.1) is 6.42 Å². The maximum atomic E-state index is 13.6. The van der Waals surface area contributed by atoms with Crippen molar-refractivity contribution < 1.29 is 18.7 Å². The molecule has 2 aromatic carbocycles. The van der Waals surface area contributed by atoms with Crippen LogP contribution >= 0.6 is 0 Å². The Morgan fingerprint density at radius 3 is 2.36 bits per heavy atom. The van der Waals surface area contributed by atoms with E-state index in [1.165, 1.54) is 0 Å². The number of fused-ring (bicyclic) bond motifs is 2. The van der Waals surface area contributed by atoms with Crippen LogP contribution in [0.4, 0.5) is 10.5 Å². The van der Waals surface area contributed by atoms with E-state index in [0.717, 1.165) is 16.7 Å². The number of terminal acetylenes is 1. The Hall–Kier alpha value is -3.27. The van der Waals surface area contributed by atoms with Crippen LogP contribution in [0.5, 0.6) is 11.5 Å². The summed E-state index contributed by atoms with van der Waals surface area (Å²) in [5, 5.41) is 0.0353. The van der Waals surface area contributed by atoms with Gasteiger partial charge in [-0.2, -0.15) is 0 Å². The molecule has 1 amide bonds. The molecule has 0 spiro atoms. The van der Waals surface area contributed by atoms with Gasteiger partial charge in [0.2, 0.25) is 0 Å². The van der Waals surface area contributed by atoms with Crippen molar-refractivity contribution in [3.8, 4) is 23.8 Å². The normalized spacial score (nSPS) is 21.4. The van der Waals surface area contributed by atoms with Gasteiger partial charge in [0, 0.05) is 5.56 Å². The SMILES string of the molecule is C#CC1C2=C(c3cc(OC)ccc3N1C(=O)Oc1ccccc1)C(O[Si](C)(C)C(C)(C)C)C=CC2C. The van der Waals surface area contributed by atoms with Gasteiger partial charge in [-0.05, 0) is 65.5 Å². The predicted molar refractivity (Wildman–Crippen MR) is 148 cm³/mol. The molecule has 0 N–H and O–H groups in total. The highest BCUT2D eigenvalue weighted by Gasteiger charge is 2.45. The van der Waals surface area contributed by atoms with Crippen LogP contribution in [-0.2, 0) is 4.43 Å². The van der Waals surface area contributed by atoms with Crippen LogP contribution in [0, 0.1) is 18.3 Å². The van der Waals surface area contributed by atoms with Gasteiger partial charge in [0.15, 0.2) is 8.32 Å². The molecule has 0 saturated heterocycles. The molecule has 0 radical (unpaired) electrons. The minimum absolute atomic E-state index is 0.0201. The van der Waals surface area contributed by atoms with Gasteiger partial charge in [-0.1, -0.05) is 64.0 Å². The van der Waals surface area contributed by atoms with E-state index >= 15 is 0 Å². The Balaban J connectivity index is 1.87. The molecule has 1 aliphatic heterocycles. The van der Waals surface area contributed by atoms with Crippen molar-refractivity contribution >= 4 is 25.7 Å². The topological polar surface area (TPSA) is 48.0 Å². The van der Waals surface area contributed by atoms with Crippen LogP contribution in [0.1, 0.15) is 33.3 Å². The second-order valence-electron chi connectivity index (χ2n) is 10.8. The average Bonchev–Trinajstić information content (AvgIpc) is 2.83. The van der Waals surface area contributed by atoms with Crippen LogP contribution in [0.15, 0.2) is 66.3 Å². The van der Waals surface area contributed by atoms with Gasteiger partial charge in [-0.25, -0.2) is 4.79 Å². The fourth-order valence-corrected chi connectivity index (χ4v) is 5.71. The molecule has 3 unspecified atom stereocenters. The van der Waals surface area contributed by atoms with Crippen LogP contribution in [0.25, 0.3) is 5.57 Å². The minimum Gasteiger partial charge on any atom is -0.497 e. The maximum Gasteiger partial charge on any atom is 0.421 e. The van der Waals surface area contributed by atoms with E-state index in [-0.39, 0.29) is 17.1 Å². The molecule has 5 nitrogen and oxygen atoms in total. The predicted octanol–water partition coefficient (Wildman–Crippen LogP) is 7.07.